The Morgan fingerprint density at radius 1 is 1.23 bits per heavy atom. The van der Waals surface area contributed by atoms with Crippen LogP contribution in [0.15, 0.2) is 48.6 Å². The summed E-state index contributed by atoms with van der Waals surface area (Å²) in [5, 5.41) is 4.27. The van der Waals surface area contributed by atoms with E-state index < -0.39 is 24.5 Å². The van der Waals surface area contributed by atoms with Gasteiger partial charge >= 0.3 is 6.18 Å². The second kappa shape index (κ2) is 8.02. The van der Waals surface area contributed by atoms with Crippen molar-refractivity contribution in [2.24, 2.45) is 0 Å². The second-order valence-electron chi connectivity index (χ2n) is 4.25. The molecule has 0 spiro atoms. The molecule has 118 valence electrons. The fraction of sp³-hybridized carbons (Fsp3) is 0.200. The molecule has 2 amide bonds. The predicted molar refractivity (Wildman–Crippen MR) is 77.4 cm³/mol. The molecule has 1 aromatic carbocycles. The number of halogens is 3. The first-order valence-corrected chi connectivity index (χ1v) is 6.37. The molecule has 0 fully saturated rings. The molecular weight excluding hydrogens is 297 g/mol. The Balaban J connectivity index is 2.69. The standard InChI is InChI=1S/C15H15F3N2O2/c1-2-3-4-8-13(21)20-12-7-5-6-11(9-12)14(22)19-10-15(16,17)18/h2-9H,10H2,1H3,(H,19,22)(H,20,21)/b3-2+,8-4+. The Bertz CT molecular complexity index is 593. The van der Waals surface area contributed by atoms with Gasteiger partial charge in [0.2, 0.25) is 5.91 Å². The molecule has 0 heterocycles. The van der Waals surface area contributed by atoms with Gasteiger partial charge in [-0.15, -0.1) is 0 Å². The number of benzene rings is 1. The lowest BCUT2D eigenvalue weighted by atomic mass is 10.2. The van der Waals surface area contributed by atoms with Gasteiger partial charge in [0, 0.05) is 17.3 Å². The van der Waals surface area contributed by atoms with E-state index in [2.05, 4.69) is 5.32 Å². The number of hydrogen-bond acceptors (Lipinski definition) is 2. The van der Waals surface area contributed by atoms with E-state index in [0.29, 0.717) is 5.69 Å². The van der Waals surface area contributed by atoms with Crippen molar-refractivity contribution in [1.29, 1.82) is 0 Å². The van der Waals surface area contributed by atoms with E-state index in [1.807, 2.05) is 0 Å². The maximum atomic E-state index is 12.0. The number of hydrogen-bond donors (Lipinski definition) is 2. The first-order chi connectivity index (χ1) is 10.3. The van der Waals surface area contributed by atoms with Gasteiger partial charge in [0.15, 0.2) is 0 Å². The van der Waals surface area contributed by atoms with Crippen molar-refractivity contribution in [2.75, 3.05) is 11.9 Å². The van der Waals surface area contributed by atoms with Gasteiger partial charge in [-0.25, -0.2) is 0 Å². The third-order valence-corrected chi connectivity index (χ3v) is 2.39. The molecule has 0 aliphatic rings. The molecule has 0 unspecified atom stereocenters. The number of rotatable bonds is 5. The Labute approximate surface area is 125 Å². The Morgan fingerprint density at radius 3 is 2.59 bits per heavy atom. The van der Waals surface area contributed by atoms with Crippen LogP contribution >= 0.6 is 0 Å². The molecule has 0 aliphatic carbocycles. The van der Waals surface area contributed by atoms with Crippen molar-refractivity contribution in [3.63, 3.8) is 0 Å². The van der Waals surface area contributed by atoms with Crippen LogP contribution in [-0.4, -0.2) is 24.5 Å². The summed E-state index contributed by atoms with van der Waals surface area (Å²) in [6, 6.07) is 5.65. The number of nitrogens with one attached hydrogen (secondary N) is 2. The molecule has 0 atom stereocenters. The highest BCUT2D eigenvalue weighted by molar-refractivity contribution is 6.01. The molecule has 0 saturated heterocycles. The highest BCUT2D eigenvalue weighted by Gasteiger charge is 2.27. The predicted octanol–water partition coefficient (Wildman–Crippen LogP) is 3.05. The Morgan fingerprint density at radius 2 is 1.95 bits per heavy atom. The van der Waals surface area contributed by atoms with E-state index in [1.54, 1.807) is 24.4 Å². The SMILES string of the molecule is C/C=C/C=C/C(=O)Nc1cccc(C(=O)NCC(F)(F)F)c1. The van der Waals surface area contributed by atoms with Crippen LogP contribution in [0.3, 0.4) is 0 Å². The fourth-order valence-corrected chi connectivity index (χ4v) is 1.46. The number of anilines is 1. The molecule has 22 heavy (non-hydrogen) atoms. The van der Waals surface area contributed by atoms with Gasteiger partial charge in [0.05, 0.1) is 0 Å². The van der Waals surface area contributed by atoms with Gasteiger partial charge in [0.1, 0.15) is 6.54 Å². The van der Waals surface area contributed by atoms with Crippen LogP contribution in [0.25, 0.3) is 0 Å². The maximum absolute atomic E-state index is 12.0. The van der Waals surface area contributed by atoms with Crippen LogP contribution in [0.4, 0.5) is 18.9 Å². The molecule has 0 bridgehead atoms. The van der Waals surface area contributed by atoms with Crippen LogP contribution in [0, 0.1) is 0 Å². The van der Waals surface area contributed by atoms with Gasteiger partial charge in [0.25, 0.3) is 5.91 Å². The number of carbonyl (C=O) groups is 2. The van der Waals surface area contributed by atoms with E-state index in [0.717, 1.165) is 0 Å². The zero-order valence-electron chi connectivity index (χ0n) is 11.8. The molecule has 1 aromatic rings. The van der Waals surface area contributed by atoms with Gasteiger partial charge in [-0.2, -0.15) is 13.2 Å². The van der Waals surface area contributed by atoms with E-state index in [1.165, 1.54) is 36.4 Å². The molecule has 0 aliphatic heterocycles. The lowest BCUT2D eigenvalue weighted by Gasteiger charge is -2.09. The van der Waals surface area contributed by atoms with Crippen molar-refractivity contribution in [3.8, 4) is 0 Å². The van der Waals surface area contributed by atoms with Crippen LogP contribution in [0.2, 0.25) is 0 Å². The lowest BCUT2D eigenvalue weighted by molar-refractivity contribution is -0.123. The van der Waals surface area contributed by atoms with E-state index in [9.17, 15) is 22.8 Å². The molecule has 0 saturated carbocycles. The molecule has 2 N–H and O–H groups in total. The van der Waals surface area contributed by atoms with Crippen molar-refractivity contribution in [3.05, 3.63) is 54.1 Å². The van der Waals surface area contributed by atoms with Gasteiger partial charge in [-0.1, -0.05) is 24.3 Å². The quantitative estimate of drug-likeness (QED) is 0.648. The Hall–Kier alpha value is -2.57. The molecule has 0 aromatic heterocycles. The first-order valence-electron chi connectivity index (χ1n) is 6.37. The topological polar surface area (TPSA) is 58.2 Å². The monoisotopic (exact) mass is 312 g/mol. The first kappa shape index (κ1) is 17.5. The minimum Gasteiger partial charge on any atom is -0.343 e. The van der Waals surface area contributed by atoms with E-state index in [4.69, 9.17) is 0 Å². The third kappa shape index (κ3) is 6.74. The van der Waals surface area contributed by atoms with Crippen LogP contribution in [0.5, 0.6) is 0 Å². The minimum atomic E-state index is -4.47. The average Bonchev–Trinajstić information content (AvgIpc) is 2.44. The zero-order chi connectivity index (χ0) is 16.6. The van der Waals surface area contributed by atoms with Gasteiger partial charge in [-0.05, 0) is 25.1 Å². The van der Waals surface area contributed by atoms with Crippen LogP contribution < -0.4 is 10.6 Å². The number of allylic oxidation sites excluding steroid dienone is 3. The van der Waals surface area contributed by atoms with Crippen molar-refractivity contribution < 1.29 is 22.8 Å². The normalized spacial score (nSPS) is 11.8. The lowest BCUT2D eigenvalue weighted by Crippen LogP contribution is -2.33. The molecule has 7 heteroatoms. The van der Waals surface area contributed by atoms with E-state index >= 15 is 0 Å². The summed E-state index contributed by atoms with van der Waals surface area (Å²) < 4.78 is 36.1. The summed E-state index contributed by atoms with van der Waals surface area (Å²) in [6.45, 7) is 0.389. The van der Waals surface area contributed by atoms with Gasteiger partial charge < -0.3 is 10.6 Å². The zero-order valence-corrected chi connectivity index (χ0v) is 11.8. The van der Waals surface area contributed by atoms with Crippen molar-refractivity contribution >= 4 is 17.5 Å². The summed E-state index contributed by atoms with van der Waals surface area (Å²) in [5.74, 6) is -1.27. The van der Waals surface area contributed by atoms with Gasteiger partial charge in [-0.3, -0.25) is 9.59 Å². The number of alkyl halides is 3. The average molecular weight is 312 g/mol. The molecular formula is C15H15F3N2O2. The number of amides is 2. The van der Waals surface area contributed by atoms with Crippen molar-refractivity contribution in [2.45, 2.75) is 13.1 Å². The highest BCUT2D eigenvalue weighted by atomic mass is 19.4. The highest BCUT2D eigenvalue weighted by Crippen LogP contribution is 2.14. The summed E-state index contributed by atoms with van der Waals surface area (Å²) >= 11 is 0. The second-order valence-corrected chi connectivity index (χ2v) is 4.25. The summed E-state index contributed by atoms with van der Waals surface area (Å²) in [4.78, 5) is 23.1. The van der Waals surface area contributed by atoms with Crippen molar-refractivity contribution in [1.82, 2.24) is 5.32 Å². The van der Waals surface area contributed by atoms with Crippen LogP contribution in [-0.2, 0) is 4.79 Å². The summed E-state index contributed by atoms with van der Waals surface area (Å²) in [5.41, 5.74) is 0.342. The molecule has 0 radical (unpaired) electrons. The summed E-state index contributed by atoms with van der Waals surface area (Å²) in [7, 11) is 0. The smallest absolute Gasteiger partial charge is 0.343 e. The number of carbonyl (C=O) groups excluding carboxylic acids is 2. The fourth-order valence-electron chi connectivity index (χ4n) is 1.46. The molecule has 1 rings (SSSR count). The van der Waals surface area contributed by atoms with Crippen LogP contribution in [0.1, 0.15) is 17.3 Å². The van der Waals surface area contributed by atoms with E-state index in [-0.39, 0.29) is 5.56 Å². The third-order valence-electron chi connectivity index (χ3n) is 2.39. The summed E-state index contributed by atoms with van der Waals surface area (Å²) in [6.07, 6.45) is 1.76. The Kier molecular flexibility index (Phi) is 6.37. The maximum Gasteiger partial charge on any atom is 0.405 e. The largest absolute Gasteiger partial charge is 0.405 e. The minimum absolute atomic E-state index is 0.0273. The molecule has 4 nitrogen and oxygen atoms in total.